The fourth-order valence-electron chi connectivity index (χ4n) is 1.21. The highest BCUT2D eigenvalue weighted by atomic mass is 16.5. The van der Waals surface area contributed by atoms with Crippen LogP contribution in [0.15, 0.2) is 23.5 Å². The Labute approximate surface area is 94.4 Å². The lowest BCUT2D eigenvalue weighted by molar-refractivity contribution is 0.397. The van der Waals surface area contributed by atoms with Gasteiger partial charge in [-0.15, -0.1) is 0 Å². The minimum absolute atomic E-state index is 0.482. The average molecular weight is 218 g/mol. The number of hydrogen-bond donors (Lipinski definition) is 0. The van der Waals surface area contributed by atoms with E-state index in [9.17, 15) is 0 Å². The second kappa shape index (κ2) is 6.48. The van der Waals surface area contributed by atoms with Crippen molar-refractivity contribution < 1.29 is 4.74 Å². The predicted octanol–water partition coefficient (Wildman–Crippen LogP) is 3.11. The summed E-state index contributed by atoms with van der Waals surface area (Å²) in [6.07, 6.45) is 6.42. The molecule has 0 saturated heterocycles. The summed E-state index contributed by atoms with van der Waals surface area (Å²) in [5, 5.41) is 3.45. The van der Waals surface area contributed by atoms with E-state index in [0.29, 0.717) is 12.4 Å². The average Bonchev–Trinajstić information content (AvgIpc) is 2.30. The number of rotatable bonds is 5. The van der Waals surface area contributed by atoms with Crippen LogP contribution in [0.4, 0.5) is 0 Å². The van der Waals surface area contributed by atoms with Gasteiger partial charge in [0.25, 0.3) is 0 Å². The molecule has 16 heavy (non-hydrogen) atoms. The summed E-state index contributed by atoms with van der Waals surface area (Å²) in [4.78, 5) is 6.80. The van der Waals surface area contributed by atoms with E-state index >= 15 is 0 Å². The maximum absolute atomic E-state index is 8.09. The fourth-order valence-corrected chi connectivity index (χ4v) is 1.21. The zero-order valence-electron chi connectivity index (χ0n) is 9.42. The first-order chi connectivity index (χ1) is 7.77. The largest absolute Gasteiger partial charge is 0.481 e. The Kier molecular flexibility index (Phi) is 4.89. The number of aromatic nitrogens is 1. The zero-order chi connectivity index (χ0) is 11.8. The maximum Gasteiger partial charge on any atom is 0.213 e. The van der Waals surface area contributed by atoms with Crippen molar-refractivity contribution in [2.24, 2.45) is 5.11 Å². The van der Waals surface area contributed by atoms with Gasteiger partial charge in [-0.05, 0) is 30.0 Å². The molecule has 0 amide bonds. The molecule has 0 N–H and O–H groups in total. The molecule has 1 aromatic rings. The summed E-state index contributed by atoms with van der Waals surface area (Å²) in [5.41, 5.74) is 10.2. The van der Waals surface area contributed by atoms with Crippen LogP contribution >= 0.6 is 0 Å². The van der Waals surface area contributed by atoms with E-state index < -0.39 is 0 Å². The van der Waals surface area contributed by atoms with Gasteiger partial charge in [-0.1, -0.05) is 17.3 Å². The molecular formula is C11H14N4O. The second-order valence-electron chi connectivity index (χ2n) is 3.23. The third kappa shape index (κ3) is 3.63. The van der Waals surface area contributed by atoms with Crippen molar-refractivity contribution in [3.05, 3.63) is 39.9 Å². The van der Waals surface area contributed by atoms with E-state index in [1.54, 1.807) is 13.3 Å². The molecule has 0 unspecified atom stereocenters. The predicted molar refractivity (Wildman–Crippen MR) is 63.2 cm³/mol. The molecule has 0 saturated carbocycles. The number of hydrogen-bond acceptors (Lipinski definition) is 3. The zero-order valence-corrected chi connectivity index (χ0v) is 9.42. The molecule has 5 heteroatoms. The van der Waals surface area contributed by atoms with Gasteiger partial charge < -0.3 is 4.74 Å². The van der Waals surface area contributed by atoms with Crippen LogP contribution in [0.5, 0.6) is 5.88 Å². The highest BCUT2D eigenvalue weighted by molar-refractivity contribution is 5.53. The van der Waals surface area contributed by atoms with Crippen molar-refractivity contribution in [3.63, 3.8) is 0 Å². The van der Waals surface area contributed by atoms with Crippen LogP contribution in [0.2, 0.25) is 0 Å². The Morgan fingerprint density at radius 1 is 1.62 bits per heavy atom. The molecule has 0 spiro atoms. The number of aryl methyl sites for hydroxylation is 1. The maximum atomic E-state index is 8.09. The lowest BCUT2D eigenvalue weighted by Gasteiger charge is -2.02. The number of pyridine rings is 1. The highest BCUT2D eigenvalue weighted by Crippen LogP contribution is 2.14. The van der Waals surface area contributed by atoms with Gasteiger partial charge in [0, 0.05) is 23.7 Å². The van der Waals surface area contributed by atoms with Crippen molar-refractivity contribution in [3.8, 4) is 5.88 Å². The SMILES string of the molecule is COc1cc(C)c(C=CCCN=[N+]=[N-])cn1. The van der Waals surface area contributed by atoms with Crippen LogP contribution < -0.4 is 4.74 Å². The van der Waals surface area contributed by atoms with Gasteiger partial charge in [0.1, 0.15) is 0 Å². The summed E-state index contributed by atoms with van der Waals surface area (Å²) in [7, 11) is 1.59. The summed E-state index contributed by atoms with van der Waals surface area (Å²) in [6.45, 7) is 2.48. The van der Waals surface area contributed by atoms with Gasteiger partial charge in [0.15, 0.2) is 0 Å². The van der Waals surface area contributed by atoms with Crippen molar-refractivity contribution in [1.29, 1.82) is 0 Å². The van der Waals surface area contributed by atoms with E-state index in [-0.39, 0.29) is 0 Å². The Bertz CT molecular complexity index is 422. The Balaban J connectivity index is 2.63. The quantitative estimate of drug-likeness (QED) is 0.329. The van der Waals surface area contributed by atoms with Gasteiger partial charge in [0.2, 0.25) is 5.88 Å². The lowest BCUT2D eigenvalue weighted by atomic mass is 10.1. The first-order valence-electron chi connectivity index (χ1n) is 4.96. The molecule has 0 aliphatic heterocycles. The minimum Gasteiger partial charge on any atom is -0.481 e. The first kappa shape index (κ1) is 12.1. The van der Waals surface area contributed by atoms with E-state index in [2.05, 4.69) is 15.0 Å². The number of nitrogens with zero attached hydrogens (tertiary/aromatic N) is 4. The molecule has 0 aliphatic carbocycles. The summed E-state index contributed by atoms with van der Waals surface area (Å²) in [5.74, 6) is 0.615. The van der Waals surface area contributed by atoms with Crippen LogP contribution in [-0.4, -0.2) is 18.6 Å². The molecule has 1 rings (SSSR count). The third-order valence-electron chi connectivity index (χ3n) is 2.09. The van der Waals surface area contributed by atoms with Gasteiger partial charge in [0.05, 0.1) is 7.11 Å². The van der Waals surface area contributed by atoms with Crippen molar-refractivity contribution in [2.75, 3.05) is 13.7 Å². The molecule has 0 atom stereocenters. The summed E-state index contributed by atoms with van der Waals surface area (Å²) in [6, 6.07) is 1.88. The molecule has 1 aromatic heterocycles. The smallest absolute Gasteiger partial charge is 0.213 e. The topological polar surface area (TPSA) is 70.9 Å². The van der Waals surface area contributed by atoms with Crippen LogP contribution in [-0.2, 0) is 0 Å². The standard InChI is InChI=1S/C11H14N4O/c1-9-7-11(16-2)13-8-10(9)5-3-4-6-14-15-12/h3,5,7-8H,4,6H2,1-2H3. The van der Waals surface area contributed by atoms with Crippen molar-refractivity contribution in [1.82, 2.24) is 4.98 Å². The molecular weight excluding hydrogens is 204 g/mol. The third-order valence-corrected chi connectivity index (χ3v) is 2.09. The molecule has 0 fully saturated rings. The molecule has 0 aliphatic rings. The molecule has 84 valence electrons. The Morgan fingerprint density at radius 2 is 2.44 bits per heavy atom. The molecule has 0 bridgehead atoms. The number of methoxy groups -OCH3 is 1. The van der Waals surface area contributed by atoms with E-state index in [1.165, 1.54) is 0 Å². The van der Waals surface area contributed by atoms with Gasteiger partial charge in [-0.25, -0.2) is 4.98 Å². The van der Waals surface area contributed by atoms with Crippen LogP contribution in [0.3, 0.4) is 0 Å². The van der Waals surface area contributed by atoms with E-state index in [4.69, 9.17) is 10.3 Å². The number of azide groups is 1. The monoisotopic (exact) mass is 218 g/mol. The lowest BCUT2D eigenvalue weighted by Crippen LogP contribution is -1.90. The van der Waals surface area contributed by atoms with E-state index in [0.717, 1.165) is 17.5 Å². The van der Waals surface area contributed by atoms with Crippen LogP contribution in [0.1, 0.15) is 17.5 Å². The fraction of sp³-hybridized carbons (Fsp3) is 0.364. The van der Waals surface area contributed by atoms with E-state index in [1.807, 2.05) is 25.1 Å². The molecule has 0 aromatic carbocycles. The molecule has 5 nitrogen and oxygen atoms in total. The van der Waals surface area contributed by atoms with Crippen LogP contribution in [0, 0.1) is 6.92 Å². The highest BCUT2D eigenvalue weighted by Gasteiger charge is 1.97. The van der Waals surface area contributed by atoms with Crippen molar-refractivity contribution in [2.45, 2.75) is 13.3 Å². The summed E-state index contributed by atoms with van der Waals surface area (Å²) >= 11 is 0. The first-order valence-corrected chi connectivity index (χ1v) is 4.96. The summed E-state index contributed by atoms with van der Waals surface area (Å²) < 4.78 is 5.02. The Morgan fingerprint density at radius 3 is 3.06 bits per heavy atom. The molecule has 0 radical (unpaired) electrons. The van der Waals surface area contributed by atoms with Gasteiger partial charge in [-0.2, -0.15) is 0 Å². The van der Waals surface area contributed by atoms with Crippen molar-refractivity contribution >= 4 is 6.08 Å². The minimum atomic E-state index is 0.482. The molecule has 1 heterocycles. The number of ether oxygens (including phenoxy) is 1. The normalized spacial score (nSPS) is 10.1. The van der Waals surface area contributed by atoms with Gasteiger partial charge >= 0.3 is 0 Å². The Hall–Kier alpha value is -2.00. The van der Waals surface area contributed by atoms with Crippen LogP contribution in [0.25, 0.3) is 16.5 Å². The second-order valence-corrected chi connectivity index (χ2v) is 3.23. The van der Waals surface area contributed by atoms with Gasteiger partial charge in [-0.3, -0.25) is 0 Å².